The van der Waals surface area contributed by atoms with E-state index in [1.165, 1.54) is 6.07 Å². The van der Waals surface area contributed by atoms with E-state index in [9.17, 15) is 14.5 Å². The summed E-state index contributed by atoms with van der Waals surface area (Å²) in [5.74, 6) is 0.106. The van der Waals surface area contributed by atoms with Crippen LogP contribution in [0.2, 0.25) is 0 Å². The Labute approximate surface area is 153 Å². The summed E-state index contributed by atoms with van der Waals surface area (Å²) >= 11 is 0. The average Bonchev–Trinajstić information content (AvgIpc) is 3.47. The van der Waals surface area contributed by atoms with Crippen LogP contribution in [0.4, 0.5) is 27.5 Å². The molecule has 3 aromatic rings. The lowest BCUT2D eigenvalue weighted by atomic mass is 10.2. The smallest absolute Gasteiger partial charge is 0.295 e. The van der Waals surface area contributed by atoms with Crippen molar-refractivity contribution >= 4 is 23.1 Å². The molecule has 1 fully saturated rings. The third-order valence-electron chi connectivity index (χ3n) is 4.01. The summed E-state index contributed by atoms with van der Waals surface area (Å²) in [7, 11) is 0. The minimum atomic E-state index is -0.679. The van der Waals surface area contributed by atoms with E-state index in [0.717, 1.165) is 30.5 Å². The van der Waals surface area contributed by atoms with E-state index in [2.05, 4.69) is 25.6 Å². The molecule has 0 atom stereocenters. The largest absolute Gasteiger partial charge is 0.351 e. The Hall–Kier alpha value is -3.62. The second kappa shape index (κ2) is 6.94. The number of nitro benzene ring substituents is 1. The van der Waals surface area contributed by atoms with Gasteiger partial charge in [-0.3, -0.25) is 15.1 Å². The summed E-state index contributed by atoms with van der Waals surface area (Å²) in [6.45, 7) is 0. The molecule has 8 nitrogen and oxygen atoms in total. The summed E-state index contributed by atoms with van der Waals surface area (Å²) in [4.78, 5) is 23.6. The molecule has 0 spiro atoms. The molecule has 1 aliphatic carbocycles. The van der Waals surface area contributed by atoms with E-state index in [0.29, 0.717) is 23.5 Å². The van der Waals surface area contributed by atoms with Gasteiger partial charge in [0, 0.05) is 30.1 Å². The van der Waals surface area contributed by atoms with Crippen molar-refractivity contribution in [1.29, 1.82) is 0 Å². The van der Waals surface area contributed by atoms with Gasteiger partial charge in [-0.05, 0) is 37.1 Å². The summed E-state index contributed by atoms with van der Waals surface area (Å²) in [6.07, 6.45) is 5.43. The fraction of sp³-hybridized carbons (Fsp3) is 0.167. The van der Waals surface area contributed by atoms with Gasteiger partial charge in [-0.1, -0.05) is 0 Å². The molecule has 1 aliphatic rings. The Morgan fingerprint density at radius 2 is 2.04 bits per heavy atom. The molecule has 0 radical (unpaired) electrons. The van der Waals surface area contributed by atoms with Crippen molar-refractivity contribution in [2.75, 3.05) is 10.6 Å². The first-order valence-electron chi connectivity index (χ1n) is 8.35. The van der Waals surface area contributed by atoms with Gasteiger partial charge in [0.15, 0.2) is 0 Å². The number of hydrogen-bond donors (Lipinski definition) is 2. The summed E-state index contributed by atoms with van der Waals surface area (Å²) in [5, 5.41) is 17.3. The van der Waals surface area contributed by atoms with Gasteiger partial charge in [-0.25, -0.2) is 9.37 Å². The highest BCUT2D eigenvalue weighted by atomic mass is 19.1. The molecule has 0 amide bonds. The van der Waals surface area contributed by atoms with E-state index < -0.39 is 10.7 Å². The van der Waals surface area contributed by atoms with Gasteiger partial charge in [0.2, 0.25) is 5.95 Å². The van der Waals surface area contributed by atoms with E-state index in [-0.39, 0.29) is 11.4 Å². The lowest BCUT2D eigenvalue weighted by molar-refractivity contribution is -0.384. The van der Waals surface area contributed by atoms with Gasteiger partial charge >= 0.3 is 0 Å². The van der Waals surface area contributed by atoms with Crippen LogP contribution in [0.15, 0.2) is 48.8 Å². The van der Waals surface area contributed by atoms with E-state index in [4.69, 9.17) is 0 Å². The van der Waals surface area contributed by atoms with Crippen molar-refractivity contribution in [3.63, 3.8) is 0 Å². The van der Waals surface area contributed by atoms with Gasteiger partial charge in [0.1, 0.15) is 17.3 Å². The molecular formula is C18H15FN6O2. The number of nitro groups is 1. The maximum absolute atomic E-state index is 13.4. The highest BCUT2D eigenvalue weighted by Crippen LogP contribution is 2.30. The first kappa shape index (κ1) is 16.8. The Kier molecular flexibility index (Phi) is 4.33. The van der Waals surface area contributed by atoms with Crippen molar-refractivity contribution in [1.82, 2.24) is 15.0 Å². The maximum Gasteiger partial charge on any atom is 0.295 e. The van der Waals surface area contributed by atoms with Crippen molar-refractivity contribution in [2.45, 2.75) is 18.9 Å². The zero-order valence-corrected chi connectivity index (χ0v) is 14.1. The van der Waals surface area contributed by atoms with Crippen LogP contribution in [-0.2, 0) is 0 Å². The lowest BCUT2D eigenvalue weighted by Gasteiger charge is -2.11. The zero-order chi connectivity index (χ0) is 18.8. The molecule has 0 aliphatic heterocycles. The van der Waals surface area contributed by atoms with Crippen LogP contribution in [0, 0.1) is 15.9 Å². The van der Waals surface area contributed by atoms with Crippen LogP contribution in [0.25, 0.3) is 11.3 Å². The normalized spacial score (nSPS) is 13.2. The standard InChI is InChI=1S/C18H15FN6O2/c19-12-3-6-14(16(8-12)25(26)27)22-17-9-15(11-2-1-7-20-10-11)23-18(24-17)21-13-4-5-13/h1-3,6-10,13H,4-5H2,(H2,21,22,23,24). The number of anilines is 3. The molecule has 1 saturated carbocycles. The molecule has 136 valence electrons. The first-order valence-corrected chi connectivity index (χ1v) is 8.35. The molecule has 1 aromatic carbocycles. The quantitative estimate of drug-likeness (QED) is 0.503. The summed E-state index contributed by atoms with van der Waals surface area (Å²) < 4.78 is 13.4. The molecule has 0 unspecified atom stereocenters. The predicted molar refractivity (Wildman–Crippen MR) is 98.2 cm³/mol. The number of nitrogens with one attached hydrogen (secondary N) is 2. The lowest BCUT2D eigenvalue weighted by Crippen LogP contribution is -2.08. The van der Waals surface area contributed by atoms with Crippen LogP contribution >= 0.6 is 0 Å². The minimum absolute atomic E-state index is 0.148. The van der Waals surface area contributed by atoms with E-state index in [1.807, 2.05) is 6.07 Å². The molecule has 2 N–H and O–H groups in total. The number of halogens is 1. The van der Waals surface area contributed by atoms with Crippen molar-refractivity contribution < 1.29 is 9.31 Å². The number of nitrogens with zero attached hydrogens (tertiary/aromatic N) is 4. The maximum atomic E-state index is 13.4. The Bertz CT molecular complexity index is 994. The molecule has 27 heavy (non-hydrogen) atoms. The Balaban J connectivity index is 1.72. The number of pyridine rings is 1. The predicted octanol–water partition coefficient (Wildman–Crippen LogP) is 3.90. The van der Waals surface area contributed by atoms with Crippen LogP contribution in [-0.4, -0.2) is 25.9 Å². The number of rotatable bonds is 6. The molecule has 0 saturated heterocycles. The second-order valence-electron chi connectivity index (χ2n) is 6.17. The average molecular weight is 366 g/mol. The summed E-state index contributed by atoms with van der Waals surface area (Å²) in [6, 6.07) is 9.00. The van der Waals surface area contributed by atoms with Crippen LogP contribution < -0.4 is 10.6 Å². The highest BCUT2D eigenvalue weighted by molar-refractivity contribution is 5.71. The zero-order valence-electron chi connectivity index (χ0n) is 14.1. The Morgan fingerprint density at radius 1 is 1.19 bits per heavy atom. The summed E-state index contributed by atoms with van der Waals surface area (Å²) in [5.41, 5.74) is 1.19. The van der Waals surface area contributed by atoms with Gasteiger partial charge in [-0.15, -0.1) is 0 Å². The monoisotopic (exact) mass is 366 g/mol. The molecule has 9 heteroatoms. The first-order chi connectivity index (χ1) is 13.1. The van der Waals surface area contributed by atoms with Gasteiger partial charge < -0.3 is 10.6 Å². The van der Waals surface area contributed by atoms with Crippen molar-refractivity contribution in [2.24, 2.45) is 0 Å². The second-order valence-corrected chi connectivity index (χ2v) is 6.17. The highest BCUT2D eigenvalue weighted by Gasteiger charge is 2.23. The van der Waals surface area contributed by atoms with E-state index in [1.54, 1.807) is 24.5 Å². The van der Waals surface area contributed by atoms with E-state index >= 15 is 0 Å². The molecule has 4 rings (SSSR count). The number of benzene rings is 1. The Morgan fingerprint density at radius 3 is 2.74 bits per heavy atom. The van der Waals surface area contributed by atoms with Crippen LogP contribution in [0.1, 0.15) is 12.8 Å². The SMILES string of the molecule is O=[N+]([O-])c1cc(F)ccc1Nc1cc(-c2cccnc2)nc(NC2CC2)n1. The molecule has 2 aromatic heterocycles. The van der Waals surface area contributed by atoms with Gasteiger partial charge in [0.25, 0.3) is 5.69 Å². The van der Waals surface area contributed by atoms with Gasteiger partial charge in [-0.2, -0.15) is 4.98 Å². The third-order valence-corrected chi connectivity index (χ3v) is 4.01. The fourth-order valence-corrected chi connectivity index (χ4v) is 2.55. The van der Waals surface area contributed by atoms with Crippen LogP contribution in [0.3, 0.4) is 0 Å². The minimum Gasteiger partial charge on any atom is -0.351 e. The van der Waals surface area contributed by atoms with Crippen molar-refractivity contribution in [3.8, 4) is 11.3 Å². The molecular weight excluding hydrogens is 351 g/mol. The molecule has 0 bridgehead atoms. The third kappa shape index (κ3) is 3.97. The fourth-order valence-electron chi connectivity index (χ4n) is 2.55. The topological polar surface area (TPSA) is 106 Å². The van der Waals surface area contributed by atoms with Crippen molar-refractivity contribution in [3.05, 3.63) is 64.7 Å². The number of hydrogen-bond acceptors (Lipinski definition) is 7. The van der Waals surface area contributed by atoms with Gasteiger partial charge in [0.05, 0.1) is 16.7 Å². The number of aromatic nitrogens is 3. The molecule has 2 heterocycles. The van der Waals surface area contributed by atoms with Crippen LogP contribution in [0.5, 0.6) is 0 Å².